The van der Waals surface area contributed by atoms with Gasteiger partial charge in [-0.1, -0.05) is 19.3 Å². The number of ether oxygens (including phenoxy) is 2. The van der Waals surface area contributed by atoms with Crippen LogP contribution in [0.3, 0.4) is 0 Å². The number of phenolic OH excluding ortho intramolecular Hbond substituents is 1. The van der Waals surface area contributed by atoms with E-state index < -0.39 is 0 Å². The van der Waals surface area contributed by atoms with Crippen LogP contribution in [0.15, 0.2) is 12.1 Å². The van der Waals surface area contributed by atoms with Gasteiger partial charge in [-0.2, -0.15) is 0 Å². The standard InChI is InChI=1S/C18H28BNO4/c1-12(13(2)23-3)8-20-9-15(10-20)24-17-5-4-14(6-7-19)18(22)16(17)11-21/h4-5,11-13,15,22H,6-10,19H2,1-3H3. The first-order valence-corrected chi connectivity index (χ1v) is 8.71. The van der Waals surface area contributed by atoms with Crippen LogP contribution in [0.25, 0.3) is 0 Å². The molecule has 24 heavy (non-hydrogen) atoms. The lowest BCUT2D eigenvalue weighted by atomic mass is 9.95. The molecule has 132 valence electrons. The van der Waals surface area contributed by atoms with Crippen molar-refractivity contribution in [2.24, 2.45) is 5.92 Å². The maximum Gasteiger partial charge on any atom is 0.157 e. The van der Waals surface area contributed by atoms with Crippen LogP contribution in [0.1, 0.15) is 29.8 Å². The number of likely N-dealkylation sites (tertiary alicyclic amines) is 1. The van der Waals surface area contributed by atoms with Crippen LogP contribution in [0.2, 0.25) is 6.32 Å². The number of carbonyl (C=O) groups excluding carboxylic acids is 1. The Balaban J connectivity index is 1.92. The number of methoxy groups -OCH3 is 1. The Morgan fingerprint density at radius 3 is 2.71 bits per heavy atom. The molecule has 6 heteroatoms. The largest absolute Gasteiger partial charge is 0.507 e. The molecule has 1 aliphatic rings. The summed E-state index contributed by atoms with van der Waals surface area (Å²) >= 11 is 0. The van der Waals surface area contributed by atoms with E-state index in [1.165, 1.54) is 0 Å². The third-order valence-electron chi connectivity index (χ3n) is 4.83. The first-order chi connectivity index (χ1) is 11.5. The second-order valence-electron chi connectivity index (χ2n) is 6.73. The minimum absolute atomic E-state index is 0.0584. The van der Waals surface area contributed by atoms with Gasteiger partial charge in [0.1, 0.15) is 25.4 Å². The van der Waals surface area contributed by atoms with Crippen molar-refractivity contribution in [2.45, 2.75) is 38.8 Å². The van der Waals surface area contributed by atoms with Gasteiger partial charge in [0.2, 0.25) is 0 Å². The van der Waals surface area contributed by atoms with Gasteiger partial charge >= 0.3 is 0 Å². The number of aromatic hydroxyl groups is 1. The average Bonchev–Trinajstić information content (AvgIpc) is 2.54. The summed E-state index contributed by atoms with van der Waals surface area (Å²) < 4.78 is 11.3. The zero-order chi connectivity index (χ0) is 17.7. The first kappa shape index (κ1) is 18.8. The molecule has 0 spiro atoms. The Bertz CT molecular complexity index is 560. The maximum atomic E-state index is 11.3. The summed E-state index contributed by atoms with van der Waals surface area (Å²) in [4.78, 5) is 13.7. The van der Waals surface area contributed by atoms with Gasteiger partial charge in [0, 0.05) is 26.7 Å². The molecule has 1 aliphatic heterocycles. The number of carbonyl (C=O) groups is 1. The fraction of sp³-hybridized carbons (Fsp3) is 0.611. The number of hydrogen-bond acceptors (Lipinski definition) is 5. The molecule has 0 aromatic heterocycles. The van der Waals surface area contributed by atoms with E-state index in [1.807, 2.05) is 13.9 Å². The van der Waals surface area contributed by atoms with Crippen molar-refractivity contribution in [3.8, 4) is 11.5 Å². The molecule has 1 aromatic rings. The normalized spacial score (nSPS) is 18.0. The second-order valence-corrected chi connectivity index (χ2v) is 6.73. The molecule has 1 heterocycles. The van der Waals surface area contributed by atoms with Crippen molar-refractivity contribution < 1.29 is 19.4 Å². The van der Waals surface area contributed by atoms with E-state index in [4.69, 9.17) is 9.47 Å². The number of hydrogen-bond donors (Lipinski definition) is 1. The third-order valence-corrected chi connectivity index (χ3v) is 4.83. The van der Waals surface area contributed by atoms with E-state index >= 15 is 0 Å². The lowest BCUT2D eigenvalue weighted by Gasteiger charge is -2.41. The minimum atomic E-state index is 0.0584. The van der Waals surface area contributed by atoms with Crippen molar-refractivity contribution in [2.75, 3.05) is 26.7 Å². The van der Waals surface area contributed by atoms with Gasteiger partial charge in [0.05, 0.1) is 11.7 Å². The van der Waals surface area contributed by atoms with Gasteiger partial charge in [-0.25, -0.2) is 0 Å². The van der Waals surface area contributed by atoms with Crippen molar-refractivity contribution in [3.05, 3.63) is 23.3 Å². The molecular formula is C18H28BNO4. The van der Waals surface area contributed by atoms with Crippen LogP contribution < -0.4 is 4.74 Å². The van der Waals surface area contributed by atoms with Gasteiger partial charge in [0.25, 0.3) is 0 Å². The zero-order valence-electron chi connectivity index (χ0n) is 15.1. The Morgan fingerprint density at radius 1 is 1.42 bits per heavy atom. The maximum absolute atomic E-state index is 11.3. The minimum Gasteiger partial charge on any atom is -0.507 e. The fourth-order valence-electron chi connectivity index (χ4n) is 3.04. The van der Waals surface area contributed by atoms with Gasteiger partial charge < -0.3 is 14.6 Å². The van der Waals surface area contributed by atoms with Crippen molar-refractivity contribution in [3.63, 3.8) is 0 Å². The molecule has 0 bridgehead atoms. The third kappa shape index (κ3) is 4.30. The van der Waals surface area contributed by atoms with E-state index in [9.17, 15) is 9.90 Å². The summed E-state index contributed by atoms with van der Waals surface area (Å²) in [6.45, 7) is 6.88. The Hall–Kier alpha value is -1.53. The quantitative estimate of drug-likeness (QED) is 0.549. The summed E-state index contributed by atoms with van der Waals surface area (Å²) in [7, 11) is 3.78. The number of phenols is 1. The van der Waals surface area contributed by atoms with Crippen molar-refractivity contribution in [1.82, 2.24) is 4.90 Å². The lowest BCUT2D eigenvalue weighted by molar-refractivity contribution is -0.0115. The summed E-state index contributed by atoms with van der Waals surface area (Å²) in [5, 5.41) is 10.2. The SMILES string of the molecule is BCCc1ccc(OC2CN(CC(C)C(C)OC)C2)c(C=O)c1O. The smallest absolute Gasteiger partial charge is 0.157 e. The predicted octanol–water partition coefficient (Wildman–Crippen LogP) is 1.53. The first-order valence-electron chi connectivity index (χ1n) is 8.71. The van der Waals surface area contributed by atoms with E-state index in [2.05, 4.69) is 18.7 Å². The van der Waals surface area contributed by atoms with E-state index in [0.29, 0.717) is 18.0 Å². The van der Waals surface area contributed by atoms with Crippen molar-refractivity contribution >= 4 is 14.1 Å². The molecule has 2 rings (SSSR count). The number of rotatable bonds is 9. The van der Waals surface area contributed by atoms with Crippen LogP contribution in [0, 0.1) is 5.92 Å². The van der Waals surface area contributed by atoms with Gasteiger partial charge in [0.15, 0.2) is 6.29 Å². The van der Waals surface area contributed by atoms with Crippen LogP contribution in [-0.2, 0) is 11.2 Å². The highest BCUT2D eigenvalue weighted by atomic mass is 16.5. The topological polar surface area (TPSA) is 59.0 Å². The predicted molar refractivity (Wildman–Crippen MR) is 97.0 cm³/mol. The van der Waals surface area contributed by atoms with Gasteiger partial charge in [-0.15, -0.1) is 0 Å². The monoisotopic (exact) mass is 333 g/mol. The van der Waals surface area contributed by atoms with Crippen LogP contribution >= 0.6 is 0 Å². The molecule has 1 N–H and O–H groups in total. The average molecular weight is 333 g/mol. The molecule has 1 fully saturated rings. The summed E-state index contributed by atoms with van der Waals surface area (Å²) in [6.07, 6.45) is 2.64. The lowest BCUT2D eigenvalue weighted by Crippen LogP contribution is -2.55. The highest BCUT2D eigenvalue weighted by Crippen LogP contribution is 2.32. The van der Waals surface area contributed by atoms with Crippen LogP contribution in [0.4, 0.5) is 0 Å². The molecule has 1 aromatic carbocycles. The Morgan fingerprint density at radius 2 is 2.12 bits per heavy atom. The molecule has 1 saturated heterocycles. The molecule has 0 radical (unpaired) electrons. The van der Waals surface area contributed by atoms with E-state index in [0.717, 1.165) is 37.9 Å². The van der Waals surface area contributed by atoms with Gasteiger partial charge in [-0.3, -0.25) is 9.69 Å². The Labute approximate surface area is 145 Å². The summed E-state index contributed by atoms with van der Waals surface area (Å²) in [5.41, 5.74) is 1.06. The number of benzene rings is 1. The molecular weight excluding hydrogens is 305 g/mol. The van der Waals surface area contributed by atoms with E-state index in [1.54, 1.807) is 13.2 Å². The highest BCUT2D eigenvalue weighted by Gasteiger charge is 2.31. The number of aldehydes is 1. The van der Waals surface area contributed by atoms with Crippen LogP contribution in [0.5, 0.6) is 11.5 Å². The summed E-state index contributed by atoms with van der Waals surface area (Å²) in [5.74, 6) is 0.993. The van der Waals surface area contributed by atoms with Crippen molar-refractivity contribution in [1.29, 1.82) is 0 Å². The molecule has 5 nitrogen and oxygen atoms in total. The second kappa shape index (κ2) is 8.54. The zero-order valence-corrected chi connectivity index (χ0v) is 15.1. The molecule has 2 unspecified atom stereocenters. The number of aryl methyl sites for hydroxylation is 1. The van der Waals surface area contributed by atoms with Gasteiger partial charge in [-0.05, 0) is 30.9 Å². The Kier molecular flexibility index (Phi) is 6.69. The fourth-order valence-corrected chi connectivity index (χ4v) is 3.04. The molecule has 0 saturated carbocycles. The molecule has 2 atom stereocenters. The number of nitrogens with zero attached hydrogens (tertiary/aromatic N) is 1. The van der Waals surface area contributed by atoms with E-state index in [-0.39, 0.29) is 23.5 Å². The molecule has 0 amide bonds. The van der Waals surface area contributed by atoms with Crippen LogP contribution in [-0.4, -0.2) is 63.1 Å². The molecule has 0 aliphatic carbocycles. The summed E-state index contributed by atoms with van der Waals surface area (Å²) in [6, 6.07) is 3.65. The highest BCUT2D eigenvalue weighted by molar-refractivity contribution is 6.08.